The van der Waals surface area contributed by atoms with Gasteiger partial charge in [0.25, 0.3) is 0 Å². The van der Waals surface area contributed by atoms with Crippen molar-refractivity contribution in [1.82, 2.24) is 30.4 Å². The van der Waals surface area contributed by atoms with E-state index in [1.807, 2.05) is 24.9 Å². The molecule has 0 saturated carbocycles. The van der Waals surface area contributed by atoms with Gasteiger partial charge >= 0.3 is 0 Å². The van der Waals surface area contributed by atoms with Crippen LogP contribution < -0.4 is 5.32 Å². The molecule has 1 aromatic rings. The minimum atomic E-state index is 0.0293. The molecule has 1 N–H and O–H groups in total. The highest BCUT2D eigenvalue weighted by atomic mass is 32.2. The van der Waals surface area contributed by atoms with Crippen molar-refractivity contribution in [3.63, 3.8) is 0 Å². The van der Waals surface area contributed by atoms with Crippen molar-refractivity contribution >= 4 is 16.8 Å². The quantitative estimate of drug-likeness (QED) is 0.759. The lowest BCUT2D eigenvalue weighted by molar-refractivity contribution is -0.121. The van der Waals surface area contributed by atoms with Crippen LogP contribution in [0.1, 0.15) is 13.8 Å². The highest BCUT2D eigenvalue weighted by Gasteiger charge is 2.20. The first-order valence-electron chi connectivity index (χ1n) is 6.25. The number of aromatic nitrogens is 4. The topological polar surface area (TPSA) is 75.9 Å². The molecule has 2 heterocycles. The maximum absolute atomic E-state index is 11.6. The molecule has 7 nitrogen and oxygen atoms in total. The van der Waals surface area contributed by atoms with Gasteiger partial charge in [0, 0.05) is 17.4 Å². The molecule has 1 atom stereocenters. The molecule has 2 rings (SSSR count). The van der Waals surface area contributed by atoms with E-state index in [2.05, 4.69) is 32.5 Å². The third-order valence-corrected chi connectivity index (χ3v) is 3.60. The molecule has 0 radical (unpaired) electrons. The van der Waals surface area contributed by atoms with Gasteiger partial charge < -0.3 is 10.2 Å². The Morgan fingerprint density at radius 3 is 2.84 bits per heavy atom. The Morgan fingerprint density at radius 1 is 1.47 bits per heavy atom. The Hall–Kier alpha value is -1.57. The summed E-state index contributed by atoms with van der Waals surface area (Å²) in [7, 11) is 0.285. The average molecular weight is 285 g/mol. The predicted octanol–water partition coefficient (Wildman–Crippen LogP) is -0.192. The highest BCUT2D eigenvalue weighted by Crippen LogP contribution is 2.08. The van der Waals surface area contributed by atoms with Crippen molar-refractivity contribution in [2.24, 2.45) is 0 Å². The second-order valence-electron chi connectivity index (χ2n) is 3.78. The van der Waals surface area contributed by atoms with E-state index in [0.717, 1.165) is 5.88 Å². The molecule has 0 saturated heterocycles. The normalized spacial score (nSPS) is 17.0. The molecule has 106 valence electrons. The van der Waals surface area contributed by atoms with Crippen molar-refractivity contribution in [1.29, 1.82) is 0 Å². The van der Waals surface area contributed by atoms with Crippen LogP contribution in [0.4, 0.5) is 0 Å². The fourth-order valence-electron chi connectivity index (χ4n) is 1.47. The maximum atomic E-state index is 11.6. The van der Waals surface area contributed by atoms with Crippen LogP contribution in [0.3, 0.4) is 0 Å². The monoisotopic (exact) mass is 285 g/mol. The number of rotatable bonds is 5. The first kappa shape index (κ1) is 15.5. The predicted molar refractivity (Wildman–Crippen MR) is 76.2 cm³/mol. The fourth-order valence-corrected chi connectivity index (χ4v) is 2.64. The van der Waals surface area contributed by atoms with E-state index < -0.39 is 0 Å². The fraction of sp³-hybridized carbons (Fsp3) is 0.636. The van der Waals surface area contributed by atoms with Gasteiger partial charge in [-0.1, -0.05) is 13.8 Å². The van der Waals surface area contributed by atoms with Crippen molar-refractivity contribution in [2.75, 3.05) is 25.2 Å². The van der Waals surface area contributed by atoms with Crippen LogP contribution in [-0.2, 0) is 22.2 Å². The first-order chi connectivity index (χ1) is 9.24. The molecule has 1 aromatic heterocycles. The van der Waals surface area contributed by atoms with Gasteiger partial charge in [-0.3, -0.25) is 4.79 Å². The van der Waals surface area contributed by atoms with Crippen molar-refractivity contribution in [3.8, 4) is 0 Å². The molecule has 1 unspecified atom stereocenters. The molecule has 0 aliphatic carbocycles. The van der Waals surface area contributed by atoms with Crippen molar-refractivity contribution in [2.45, 2.75) is 20.4 Å². The number of carbonyl (C=O) groups excluding carboxylic acids is 1. The summed E-state index contributed by atoms with van der Waals surface area (Å²) in [5, 5.41) is 15.7. The van der Waals surface area contributed by atoms with Crippen LogP contribution in [0.15, 0.2) is 17.9 Å². The van der Waals surface area contributed by atoms with E-state index in [9.17, 15) is 4.79 Å². The number of nitrogens with one attached hydrogen (secondary N) is 1. The summed E-state index contributed by atoms with van der Waals surface area (Å²) in [6, 6.07) is 0. The Labute approximate surface area is 116 Å². The van der Waals surface area contributed by atoms with Gasteiger partial charge in [-0.2, -0.15) is 0 Å². The first-order valence-corrected chi connectivity index (χ1v) is 8.12. The molecule has 0 aromatic carbocycles. The molecule has 1 amide bonds. The summed E-state index contributed by atoms with van der Waals surface area (Å²) >= 11 is 0. The lowest BCUT2D eigenvalue weighted by atomic mass is 10.5. The summed E-state index contributed by atoms with van der Waals surface area (Å²) in [6.07, 6.45) is 5.67. The molecule has 0 spiro atoms. The number of carbonyl (C=O) groups is 1. The second-order valence-corrected chi connectivity index (χ2v) is 5.69. The largest absolute Gasteiger partial charge is 0.353 e. The zero-order chi connectivity index (χ0) is 14.1. The molecule has 8 heteroatoms. The highest BCUT2D eigenvalue weighted by molar-refractivity contribution is 7.99. The Bertz CT molecular complexity index is 394. The third-order valence-electron chi connectivity index (χ3n) is 2.27. The molecular weight excluding hydrogens is 264 g/mol. The van der Waals surface area contributed by atoms with Crippen molar-refractivity contribution < 1.29 is 4.79 Å². The summed E-state index contributed by atoms with van der Waals surface area (Å²) in [6.45, 7) is 5.55. The summed E-state index contributed by atoms with van der Waals surface area (Å²) < 4.78 is 1.58. The van der Waals surface area contributed by atoms with E-state index in [1.165, 1.54) is 6.33 Å². The van der Waals surface area contributed by atoms with E-state index >= 15 is 0 Å². The molecule has 0 fully saturated rings. The van der Waals surface area contributed by atoms with Gasteiger partial charge in [0.2, 0.25) is 5.91 Å². The van der Waals surface area contributed by atoms with Crippen LogP contribution in [0, 0.1) is 0 Å². The molecule has 1 aliphatic heterocycles. The number of tetrazole rings is 1. The van der Waals surface area contributed by atoms with Crippen LogP contribution >= 0.6 is 0 Å². The summed E-state index contributed by atoms with van der Waals surface area (Å²) in [4.78, 5) is 13.6. The third kappa shape index (κ3) is 5.73. The van der Waals surface area contributed by atoms with Crippen LogP contribution in [-0.4, -0.2) is 56.2 Å². The standard InChI is InChI=1S/C9H14N6OS.C2H6/c1-17-5-4-14(8-17)6-9(16)10-2-3-15-7-11-12-13-15;1-2/h4-5,7H,2-3,6,8H2,1H3;1-2H3/p+1. The van der Waals surface area contributed by atoms with E-state index in [4.69, 9.17) is 0 Å². The summed E-state index contributed by atoms with van der Waals surface area (Å²) in [5.41, 5.74) is 0. The smallest absolute Gasteiger partial charge is 0.239 e. The molecule has 0 bridgehead atoms. The zero-order valence-electron chi connectivity index (χ0n) is 11.6. The van der Waals surface area contributed by atoms with Crippen LogP contribution in [0.2, 0.25) is 0 Å². The molecule has 19 heavy (non-hydrogen) atoms. The minimum Gasteiger partial charge on any atom is -0.353 e. The number of hydrogen-bond donors (Lipinski definition) is 1. The van der Waals surface area contributed by atoms with E-state index in [1.54, 1.807) is 4.68 Å². The van der Waals surface area contributed by atoms with E-state index in [0.29, 0.717) is 19.6 Å². The van der Waals surface area contributed by atoms with Crippen molar-refractivity contribution in [3.05, 3.63) is 17.9 Å². The van der Waals surface area contributed by atoms with Gasteiger partial charge in [0.05, 0.1) is 12.7 Å². The second kappa shape index (κ2) is 8.52. The van der Waals surface area contributed by atoms with Gasteiger partial charge in [-0.25, -0.2) is 4.68 Å². The van der Waals surface area contributed by atoms with Crippen LogP contribution in [0.25, 0.3) is 0 Å². The maximum Gasteiger partial charge on any atom is 0.239 e. The van der Waals surface area contributed by atoms with Gasteiger partial charge in [-0.15, -0.1) is 5.10 Å². The lowest BCUT2D eigenvalue weighted by Gasteiger charge is -2.11. The number of amides is 1. The average Bonchev–Trinajstić information content (AvgIpc) is 3.04. The van der Waals surface area contributed by atoms with Gasteiger partial charge in [0.1, 0.15) is 24.5 Å². The van der Waals surface area contributed by atoms with Crippen LogP contribution in [0.5, 0.6) is 0 Å². The molecule has 1 aliphatic rings. The Morgan fingerprint density at radius 2 is 2.26 bits per heavy atom. The van der Waals surface area contributed by atoms with Gasteiger partial charge in [0.15, 0.2) is 5.88 Å². The Balaban J connectivity index is 0.000000861. The minimum absolute atomic E-state index is 0.0293. The zero-order valence-corrected chi connectivity index (χ0v) is 12.4. The number of hydrogen-bond acceptors (Lipinski definition) is 5. The lowest BCUT2D eigenvalue weighted by Crippen LogP contribution is -2.36. The molecular formula is C11H21N6OS+. The Kier molecular flexibility index (Phi) is 6.94. The van der Waals surface area contributed by atoms with Gasteiger partial charge in [-0.05, 0) is 10.4 Å². The SMILES string of the molecule is CC.C[S+]1C=CN(CC(=O)NCCn2cnnn2)C1. The van der Waals surface area contributed by atoms with E-state index in [-0.39, 0.29) is 16.8 Å². The number of nitrogens with zero attached hydrogens (tertiary/aromatic N) is 5. The summed E-state index contributed by atoms with van der Waals surface area (Å²) in [5.74, 6) is 0.974.